The molecular weight excluding hydrogens is 418 g/mol. The maximum absolute atomic E-state index is 14.4. The van der Waals surface area contributed by atoms with Gasteiger partial charge in [0.25, 0.3) is 5.91 Å². The Hall–Kier alpha value is -3.55. The number of nitrogens with zero attached hydrogens (tertiary/aromatic N) is 2. The van der Waals surface area contributed by atoms with E-state index in [0.29, 0.717) is 17.0 Å². The molecule has 32 heavy (non-hydrogen) atoms. The summed E-state index contributed by atoms with van der Waals surface area (Å²) in [6.07, 6.45) is 0. The molecule has 0 aliphatic carbocycles. The fourth-order valence-corrected chi connectivity index (χ4v) is 3.34. The molecule has 2 aromatic carbocycles. The molecule has 8 heteroatoms. The van der Waals surface area contributed by atoms with E-state index in [1.807, 2.05) is 0 Å². The Bertz CT molecular complexity index is 1130. The number of carbonyl (C=O) groups excluding carboxylic acids is 2. The lowest BCUT2D eigenvalue weighted by Gasteiger charge is -2.26. The zero-order chi connectivity index (χ0) is 23.6. The largest absolute Gasteiger partial charge is 0.459 e. The van der Waals surface area contributed by atoms with E-state index in [-0.39, 0.29) is 5.69 Å². The SMILES string of the molecule is Cc1noc(C)c1-c1cccc(N(CC(=O)OC(C)(C)C)C(=O)c2c(F)cccc2F)c1. The molecule has 168 valence electrons. The van der Waals surface area contributed by atoms with E-state index in [1.165, 1.54) is 0 Å². The highest BCUT2D eigenvalue weighted by molar-refractivity contribution is 6.09. The van der Waals surface area contributed by atoms with Crippen molar-refractivity contribution in [1.82, 2.24) is 5.16 Å². The van der Waals surface area contributed by atoms with Crippen LogP contribution in [-0.2, 0) is 9.53 Å². The number of amides is 1. The molecule has 0 saturated heterocycles. The smallest absolute Gasteiger partial charge is 0.326 e. The van der Waals surface area contributed by atoms with E-state index in [1.54, 1.807) is 58.9 Å². The van der Waals surface area contributed by atoms with Gasteiger partial charge in [-0.15, -0.1) is 0 Å². The molecule has 0 aliphatic heterocycles. The van der Waals surface area contributed by atoms with E-state index in [9.17, 15) is 18.4 Å². The number of rotatable bonds is 5. The number of anilines is 1. The molecule has 0 fully saturated rings. The van der Waals surface area contributed by atoms with Gasteiger partial charge < -0.3 is 9.26 Å². The third-order valence-electron chi connectivity index (χ3n) is 4.61. The molecule has 0 unspecified atom stereocenters. The number of hydrogen-bond donors (Lipinski definition) is 0. The molecule has 1 amide bonds. The number of carbonyl (C=O) groups is 2. The number of aromatic nitrogens is 1. The van der Waals surface area contributed by atoms with Crippen molar-refractivity contribution in [1.29, 1.82) is 0 Å². The molecule has 1 aromatic heterocycles. The van der Waals surface area contributed by atoms with E-state index in [0.717, 1.165) is 28.7 Å². The number of aryl methyl sites for hydroxylation is 2. The average Bonchev–Trinajstić information content (AvgIpc) is 3.03. The van der Waals surface area contributed by atoms with Gasteiger partial charge in [0, 0.05) is 11.3 Å². The summed E-state index contributed by atoms with van der Waals surface area (Å²) in [5.41, 5.74) is 0.765. The van der Waals surface area contributed by atoms with Gasteiger partial charge in [-0.25, -0.2) is 8.78 Å². The zero-order valence-electron chi connectivity index (χ0n) is 18.5. The van der Waals surface area contributed by atoms with Gasteiger partial charge >= 0.3 is 5.97 Å². The maximum Gasteiger partial charge on any atom is 0.326 e. The van der Waals surface area contributed by atoms with Crippen molar-refractivity contribution < 1.29 is 27.6 Å². The lowest BCUT2D eigenvalue weighted by molar-refractivity contribution is -0.152. The zero-order valence-corrected chi connectivity index (χ0v) is 18.5. The van der Waals surface area contributed by atoms with Crippen LogP contribution >= 0.6 is 0 Å². The summed E-state index contributed by atoms with van der Waals surface area (Å²) >= 11 is 0. The molecule has 0 radical (unpaired) electrons. The summed E-state index contributed by atoms with van der Waals surface area (Å²) in [5, 5.41) is 3.93. The van der Waals surface area contributed by atoms with Gasteiger partial charge in [0.1, 0.15) is 35.1 Å². The van der Waals surface area contributed by atoms with Crippen LogP contribution in [0.2, 0.25) is 0 Å². The van der Waals surface area contributed by atoms with Crippen molar-refractivity contribution in [3.05, 3.63) is 71.1 Å². The van der Waals surface area contributed by atoms with Gasteiger partial charge in [-0.3, -0.25) is 14.5 Å². The van der Waals surface area contributed by atoms with Crippen LogP contribution in [0.15, 0.2) is 47.0 Å². The first-order valence-corrected chi connectivity index (χ1v) is 9.99. The molecule has 0 N–H and O–H groups in total. The lowest BCUT2D eigenvalue weighted by atomic mass is 10.0. The van der Waals surface area contributed by atoms with Gasteiger partial charge in [0.2, 0.25) is 0 Å². The third-order valence-corrected chi connectivity index (χ3v) is 4.61. The number of ether oxygens (including phenoxy) is 1. The van der Waals surface area contributed by atoms with Crippen molar-refractivity contribution in [3.63, 3.8) is 0 Å². The monoisotopic (exact) mass is 442 g/mol. The van der Waals surface area contributed by atoms with Crippen molar-refractivity contribution in [2.45, 2.75) is 40.2 Å². The summed E-state index contributed by atoms with van der Waals surface area (Å²) in [4.78, 5) is 26.8. The minimum Gasteiger partial charge on any atom is -0.459 e. The van der Waals surface area contributed by atoms with Gasteiger partial charge in [-0.2, -0.15) is 0 Å². The molecule has 3 aromatic rings. The molecule has 3 rings (SSSR count). The topological polar surface area (TPSA) is 72.6 Å². The highest BCUT2D eigenvalue weighted by Gasteiger charge is 2.28. The minimum atomic E-state index is -1.02. The third kappa shape index (κ3) is 5.01. The fraction of sp³-hybridized carbons (Fsp3) is 0.292. The van der Waals surface area contributed by atoms with E-state index >= 15 is 0 Å². The first-order valence-electron chi connectivity index (χ1n) is 9.99. The van der Waals surface area contributed by atoms with Crippen LogP contribution in [0.4, 0.5) is 14.5 Å². The number of benzene rings is 2. The Balaban J connectivity index is 2.08. The van der Waals surface area contributed by atoms with Crippen molar-refractivity contribution in [3.8, 4) is 11.1 Å². The summed E-state index contributed by atoms with van der Waals surface area (Å²) < 4.78 is 39.3. The average molecular weight is 442 g/mol. The molecule has 1 heterocycles. The van der Waals surface area contributed by atoms with Crippen LogP contribution in [0.5, 0.6) is 0 Å². The summed E-state index contributed by atoms with van der Waals surface area (Å²) in [5.74, 6) is -3.19. The quantitative estimate of drug-likeness (QED) is 0.506. The molecule has 0 aliphatic rings. The van der Waals surface area contributed by atoms with Gasteiger partial charge in [0.15, 0.2) is 0 Å². The lowest BCUT2D eigenvalue weighted by Crippen LogP contribution is -2.39. The predicted molar refractivity (Wildman–Crippen MR) is 115 cm³/mol. The van der Waals surface area contributed by atoms with Crippen LogP contribution in [0.25, 0.3) is 11.1 Å². The van der Waals surface area contributed by atoms with E-state index in [2.05, 4.69) is 5.16 Å². The molecule has 0 atom stereocenters. The Labute approximate surface area is 184 Å². The van der Waals surface area contributed by atoms with Crippen LogP contribution in [-0.4, -0.2) is 29.2 Å². The Morgan fingerprint density at radius 2 is 1.69 bits per heavy atom. The highest BCUT2D eigenvalue weighted by Crippen LogP contribution is 2.31. The highest BCUT2D eigenvalue weighted by atomic mass is 19.1. The van der Waals surface area contributed by atoms with E-state index in [4.69, 9.17) is 9.26 Å². The first-order chi connectivity index (χ1) is 15.0. The number of esters is 1. The normalized spacial score (nSPS) is 11.3. The minimum absolute atomic E-state index is 0.265. The second kappa shape index (κ2) is 8.90. The fourth-order valence-electron chi connectivity index (χ4n) is 3.34. The summed E-state index contributed by atoms with van der Waals surface area (Å²) in [6, 6.07) is 9.80. The van der Waals surface area contributed by atoms with Gasteiger partial charge in [0.05, 0.1) is 5.69 Å². The molecule has 0 spiro atoms. The Morgan fingerprint density at radius 3 is 2.25 bits per heavy atom. The standard InChI is InChI=1S/C24H24F2N2O4/c1-14-21(15(2)32-27-14)16-8-6-9-17(12-16)28(13-20(29)31-24(3,4)5)23(30)22-18(25)10-7-11-19(22)26/h6-12H,13H2,1-5H3. The summed E-state index contributed by atoms with van der Waals surface area (Å²) in [7, 11) is 0. The number of halogens is 2. The van der Waals surface area contributed by atoms with Gasteiger partial charge in [-0.05, 0) is 64.4 Å². The molecular formula is C24H24F2N2O4. The molecule has 6 nitrogen and oxygen atoms in total. The maximum atomic E-state index is 14.4. The van der Waals surface area contributed by atoms with Crippen LogP contribution in [0.1, 0.15) is 42.6 Å². The van der Waals surface area contributed by atoms with Crippen LogP contribution in [0, 0.1) is 25.5 Å². The Morgan fingerprint density at radius 1 is 1.06 bits per heavy atom. The molecule has 0 saturated carbocycles. The number of hydrogen-bond acceptors (Lipinski definition) is 5. The second-order valence-electron chi connectivity index (χ2n) is 8.32. The van der Waals surface area contributed by atoms with Crippen molar-refractivity contribution in [2.75, 3.05) is 11.4 Å². The van der Waals surface area contributed by atoms with Crippen molar-refractivity contribution in [2.24, 2.45) is 0 Å². The van der Waals surface area contributed by atoms with Crippen LogP contribution in [0.3, 0.4) is 0 Å². The van der Waals surface area contributed by atoms with Crippen molar-refractivity contribution >= 4 is 17.6 Å². The Kier molecular flexibility index (Phi) is 6.43. The predicted octanol–water partition coefficient (Wildman–Crippen LogP) is 5.23. The first kappa shape index (κ1) is 23.1. The second-order valence-corrected chi connectivity index (χ2v) is 8.32. The molecule has 0 bridgehead atoms. The van der Waals surface area contributed by atoms with Crippen LogP contribution < -0.4 is 4.90 Å². The summed E-state index contributed by atoms with van der Waals surface area (Å²) in [6.45, 7) is 8.05. The van der Waals surface area contributed by atoms with Gasteiger partial charge in [-0.1, -0.05) is 23.4 Å². The van der Waals surface area contributed by atoms with E-state index < -0.39 is 41.2 Å².